The molecule has 6 nitrogen and oxygen atoms in total. The van der Waals surface area contributed by atoms with Gasteiger partial charge in [0.25, 0.3) is 5.91 Å². The van der Waals surface area contributed by atoms with E-state index < -0.39 is 17.4 Å². The average molecular weight is 293 g/mol. The molecule has 1 saturated carbocycles. The zero-order chi connectivity index (χ0) is 15.5. The number of nitrogens with one attached hydrogen (secondary N) is 1. The van der Waals surface area contributed by atoms with Crippen LogP contribution in [0.3, 0.4) is 0 Å². The number of carboxylic acid groups (broad SMARTS) is 1. The van der Waals surface area contributed by atoms with Gasteiger partial charge < -0.3 is 19.9 Å². The summed E-state index contributed by atoms with van der Waals surface area (Å²) in [6.45, 7) is 2.28. The smallest absolute Gasteiger partial charge is 0.329 e. The molecule has 0 spiro atoms. The van der Waals surface area contributed by atoms with Crippen LogP contribution in [0.15, 0.2) is 18.2 Å². The maximum Gasteiger partial charge on any atom is 0.329 e. The van der Waals surface area contributed by atoms with Crippen LogP contribution in [0.25, 0.3) is 0 Å². The minimum absolute atomic E-state index is 0.353. The molecule has 1 fully saturated rings. The van der Waals surface area contributed by atoms with Gasteiger partial charge in [-0.2, -0.15) is 0 Å². The molecule has 0 heterocycles. The molecule has 114 valence electrons. The van der Waals surface area contributed by atoms with Crippen molar-refractivity contribution >= 4 is 11.9 Å². The van der Waals surface area contributed by atoms with Crippen molar-refractivity contribution in [2.75, 3.05) is 13.7 Å². The Morgan fingerprint density at radius 3 is 2.52 bits per heavy atom. The number of ether oxygens (including phenoxy) is 2. The average Bonchev–Trinajstić information content (AvgIpc) is 2.42. The van der Waals surface area contributed by atoms with E-state index in [0.717, 1.165) is 6.42 Å². The number of carbonyl (C=O) groups is 2. The van der Waals surface area contributed by atoms with Gasteiger partial charge in [0.05, 0.1) is 13.7 Å². The predicted molar refractivity (Wildman–Crippen MR) is 75.8 cm³/mol. The molecule has 2 rings (SSSR count). The van der Waals surface area contributed by atoms with Crippen molar-refractivity contribution < 1.29 is 24.2 Å². The van der Waals surface area contributed by atoms with Gasteiger partial charge in [-0.05, 0) is 44.4 Å². The highest BCUT2D eigenvalue weighted by Crippen LogP contribution is 2.33. The van der Waals surface area contributed by atoms with Gasteiger partial charge in [0.15, 0.2) is 11.5 Å². The summed E-state index contributed by atoms with van der Waals surface area (Å²) in [5.41, 5.74) is -0.769. The fraction of sp³-hybridized carbons (Fsp3) is 0.467. The number of methoxy groups -OCH3 is 1. The van der Waals surface area contributed by atoms with Gasteiger partial charge in [-0.15, -0.1) is 0 Å². The summed E-state index contributed by atoms with van der Waals surface area (Å²) in [6.07, 6.45) is 1.73. The Hall–Kier alpha value is -2.24. The first-order chi connectivity index (χ1) is 10.0. The second-order valence-electron chi connectivity index (χ2n) is 4.99. The van der Waals surface area contributed by atoms with E-state index in [1.54, 1.807) is 18.2 Å². The summed E-state index contributed by atoms with van der Waals surface area (Å²) in [5.74, 6) is -0.406. The van der Waals surface area contributed by atoms with E-state index in [-0.39, 0.29) is 0 Å². The molecule has 0 aliphatic heterocycles. The number of aliphatic carboxylic acids is 1. The Balaban J connectivity index is 2.19. The maximum atomic E-state index is 12.2. The van der Waals surface area contributed by atoms with Gasteiger partial charge in [0, 0.05) is 5.56 Å². The van der Waals surface area contributed by atoms with E-state index in [1.807, 2.05) is 6.92 Å². The summed E-state index contributed by atoms with van der Waals surface area (Å²) in [4.78, 5) is 23.5. The third kappa shape index (κ3) is 2.94. The lowest BCUT2D eigenvalue weighted by Gasteiger charge is -2.38. The minimum atomic E-state index is -1.12. The summed E-state index contributed by atoms with van der Waals surface area (Å²) in [5, 5.41) is 11.9. The number of carbonyl (C=O) groups excluding carboxylic acids is 1. The Morgan fingerprint density at radius 1 is 1.33 bits per heavy atom. The lowest BCUT2D eigenvalue weighted by Crippen LogP contribution is -2.59. The summed E-state index contributed by atoms with van der Waals surface area (Å²) in [7, 11) is 1.52. The van der Waals surface area contributed by atoms with E-state index in [9.17, 15) is 14.7 Å². The van der Waals surface area contributed by atoms with Crippen LogP contribution >= 0.6 is 0 Å². The number of rotatable bonds is 6. The van der Waals surface area contributed by atoms with Crippen LogP contribution in [0.5, 0.6) is 11.5 Å². The molecule has 6 heteroatoms. The van der Waals surface area contributed by atoms with Crippen molar-refractivity contribution in [2.24, 2.45) is 0 Å². The molecule has 0 atom stereocenters. The number of benzene rings is 1. The molecule has 0 radical (unpaired) electrons. The number of carboxylic acids is 1. The van der Waals surface area contributed by atoms with Gasteiger partial charge >= 0.3 is 5.97 Å². The molecule has 1 amide bonds. The monoisotopic (exact) mass is 293 g/mol. The van der Waals surface area contributed by atoms with Crippen LogP contribution in [-0.4, -0.2) is 36.2 Å². The highest BCUT2D eigenvalue weighted by molar-refractivity contribution is 5.98. The van der Waals surface area contributed by atoms with Gasteiger partial charge in [-0.25, -0.2) is 4.79 Å². The molecule has 1 aliphatic rings. The van der Waals surface area contributed by atoms with Gasteiger partial charge in [-0.3, -0.25) is 4.79 Å². The van der Waals surface area contributed by atoms with E-state index in [4.69, 9.17) is 9.47 Å². The van der Waals surface area contributed by atoms with Crippen LogP contribution in [0, 0.1) is 0 Å². The first-order valence-corrected chi connectivity index (χ1v) is 6.89. The largest absolute Gasteiger partial charge is 0.493 e. The number of hydrogen-bond donors (Lipinski definition) is 2. The topological polar surface area (TPSA) is 84.9 Å². The van der Waals surface area contributed by atoms with Crippen molar-refractivity contribution in [3.8, 4) is 11.5 Å². The zero-order valence-electron chi connectivity index (χ0n) is 12.1. The van der Waals surface area contributed by atoms with Gasteiger partial charge in [0.2, 0.25) is 0 Å². The van der Waals surface area contributed by atoms with Crippen molar-refractivity contribution in [3.05, 3.63) is 23.8 Å². The highest BCUT2D eigenvalue weighted by Gasteiger charge is 2.45. The Labute approximate surface area is 123 Å². The third-order valence-electron chi connectivity index (χ3n) is 3.69. The summed E-state index contributed by atoms with van der Waals surface area (Å²) in [6, 6.07) is 4.78. The first-order valence-electron chi connectivity index (χ1n) is 6.89. The summed E-state index contributed by atoms with van der Waals surface area (Å²) < 4.78 is 10.6. The minimum Gasteiger partial charge on any atom is -0.493 e. The Morgan fingerprint density at radius 2 is 2.05 bits per heavy atom. The second-order valence-corrected chi connectivity index (χ2v) is 4.99. The van der Waals surface area contributed by atoms with Crippen molar-refractivity contribution in [3.63, 3.8) is 0 Å². The Kier molecular flexibility index (Phi) is 4.35. The van der Waals surface area contributed by atoms with Crippen molar-refractivity contribution in [2.45, 2.75) is 31.7 Å². The van der Waals surface area contributed by atoms with E-state index >= 15 is 0 Å². The lowest BCUT2D eigenvalue weighted by atomic mass is 9.76. The molecule has 0 unspecified atom stereocenters. The maximum absolute atomic E-state index is 12.2. The molecular weight excluding hydrogens is 274 g/mol. The normalized spacial score (nSPS) is 15.7. The molecule has 0 aromatic heterocycles. The quantitative estimate of drug-likeness (QED) is 0.836. The SMILES string of the molecule is CCOc1cc(C(=O)NC2(C(=O)O)CCC2)ccc1OC. The number of hydrogen-bond acceptors (Lipinski definition) is 4. The molecular formula is C15H19NO5. The fourth-order valence-corrected chi connectivity index (χ4v) is 2.30. The van der Waals surface area contributed by atoms with Crippen molar-refractivity contribution in [1.29, 1.82) is 0 Å². The third-order valence-corrected chi connectivity index (χ3v) is 3.69. The van der Waals surface area contributed by atoms with Gasteiger partial charge in [0.1, 0.15) is 5.54 Å². The second kappa shape index (κ2) is 6.03. The van der Waals surface area contributed by atoms with Crippen LogP contribution < -0.4 is 14.8 Å². The molecule has 0 saturated heterocycles. The predicted octanol–water partition coefficient (Wildman–Crippen LogP) is 1.83. The van der Waals surface area contributed by atoms with Crippen LogP contribution in [0.1, 0.15) is 36.5 Å². The molecule has 1 aliphatic carbocycles. The van der Waals surface area contributed by atoms with Crippen LogP contribution in [-0.2, 0) is 4.79 Å². The summed E-state index contributed by atoms with van der Waals surface area (Å²) >= 11 is 0. The molecule has 1 aromatic carbocycles. The van der Waals surface area contributed by atoms with Crippen molar-refractivity contribution in [1.82, 2.24) is 5.32 Å². The van der Waals surface area contributed by atoms with Crippen LogP contribution in [0.2, 0.25) is 0 Å². The Bertz CT molecular complexity index is 551. The van der Waals surface area contributed by atoms with Gasteiger partial charge in [-0.1, -0.05) is 0 Å². The standard InChI is InChI=1S/C15H19NO5/c1-3-21-12-9-10(5-6-11(12)20-2)13(17)16-15(14(18)19)7-4-8-15/h5-6,9H,3-4,7-8H2,1-2H3,(H,16,17)(H,18,19). The lowest BCUT2D eigenvalue weighted by molar-refractivity contribution is -0.148. The van der Waals surface area contributed by atoms with E-state index in [0.29, 0.717) is 36.5 Å². The zero-order valence-corrected chi connectivity index (χ0v) is 12.1. The fourth-order valence-electron chi connectivity index (χ4n) is 2.30. The molecule has 1 aromatic rings. The highest BCUT2D eigenvalue weighted by atomic mass is 16.5. The van der Waals surface area contributed by atoms with Crippen LogP contribution in [0.4, 0.5) is 0 Å². The molecule has 21 heavy (non-hydrogen) atoms. The number of amides is 1. The van der Waals surface area contributed by atoms with E-state index in [2.05, 4.69) is 5.32 Å². The first kappa shape index (κ1) is 15.2. The van der Waals surface area contributed by atoms with E-state index in [1.165, 1.54) is 7.11 Å². The molecule has 0 bridgehead atoms. The molecule has 2 N–H and O–H groups in total.